The molecule has 2 nitrogen and oxygen atoms in total. The molecule has 0 amide bonds. The molecule has 0 atom stereocenters. The second-order valence-electron chi connectivity index (χ2n) is 14.3. The Morgan fingerprint density at radius 3 is 1.13 bits per heavy atom. The monoisotopic (exact) mass is 686 g/mol. The van der Waals surface area contributed by atoms with Gasteiger partial charge in [-0.2, -0.15) is 0 Å². The van der Waals surface area contributed by atoms with Crippen LogP contribution < -0.4 is 0 Å². The van der Waals surface area contributed by atoms with Crippen LogP contribution in [0.25, 0.3) is 120 Å². The third kappa shape index (κ3) is 4.11. The van der Waals surface area contributed by atoms with Crippen molar-refractivity contribution >= 4 is 87.0 Å². The van der Waals surface area contributed by atoms with Crippen LogP contribution in [0.4, 0.5) is 0 Å². The third-order valence-corrected chi connectivity index (χ3v) is 11.4. The minimum absolute atomic E-state index is 0.894. The number of fused-ring (bicyclic) bond motifs is 10. The predicted molar refractivity (Wildman–Crippen MR) is 227 cm³/mol. The van der Waals surface area contributed by atoms with Crippen molar-refractivity contribution in [2.45, 2.75) is 0 Å². The number of benzene rings is 10. The summed E-state index contributed by atoms with van der Waals surface area (Å²) >= 11 is 0. The molecule has 0 radical (unpaired) electrons. The zero-order chi connectivity index (χ0) is 35.3. The van der Waals surface area contributed by atoms with E-state index in [1.54, 1.807) is 0 Å². The Balaban J connectivity index is 1.29. The molecule has 0 bridgehead atoms. The molecule has 0 unspecified atom stereocenters. The number of hydrogen-bond acceptors (Lipinski definition) is 2. The van der Waals surface area contributed by atoms with Gasteiger partial charge in [0.15, 0.2) is 0 Å². The molecule has 0 aliphatic carbocycles. The maximum atomic E-state index is 6.42. The summed E-state index contributed by atoms with van der Waals surface area (Å²) in [7, 11) is 0. The highest BCUT2D eigenvalue weighted by atomic mass is 16.3. The summed E-state index contributed by atoms with van der Waals surface area (Å²) in [6, 6.07) is 65.7. The summed E-state index contributed by atoms with van der Waals surface area (Å²) in [6.45, 7) is 0. The number of rotatable bonds is 3. The first-order valence-corrected chi connectivity index (χ1v) is 18.5. The van der Waals surface area contributed by atoms with E-state index < -0.39 is 0 Å². The van der Waals surface area contributed by atoms with E-state index in [4.69, 9.17) is 8.83 Å². The fourth-order valence-electron chi connectivity index (χ4n) is 9.19. The fourth-order valence-corrected chi connectivity index (χ4v) is 9.19. The number of para-hydroxylation sites is 2. The Bertz CT molecular complexity index is 3280. The van der Waals surface area contributed by atoms with Gasteiger partial charge in [-0.05, 0) is 113 Å². The molecule has 0 saturated carbocycles. The predicted octanol–water partition coefficient (Wildman–Crippen LogP) is 15.1. The van der Waals surface area contributed by atoms with Gasteiger partial charge in [-0.15, -0.1) is 0 Å². The van der Waals surface area contributed by atoms with E-state index in [1.807, 2.05) is 12.1 Å². The van der Waals surface area contributed by atoms with Crippen molar-refractivity contribution in [2.24, 2.45) is 0 Å². The summed E-state index contributed by atoms with van der Waals surface area (Å²) in [5.41, 5.74) is 10.8. The van der Waals surface area contributed by atoms with Gasteiger partial charge in [0.1, 0.15) is 22.3 Å². The van der Waals surface area contributed by atoms with E-state index in [1.165, 1.54) is 65.3 Å². The number of hydrogen-bond donors (Lipinski definition) is 0. The molecule has 2 heterocycles. The van der Waals surface area contributed by atoms with Crippen LogP contribution in [0.1, 0.15) is 0 Å². The fraction of sp³-hybridized carbons (Fsp3) is 0. The average molecular weight is 687 g/mol. The lowest BCUT2D eigenvalue weighted by atomic mass is 9.82. The minimum Gasteiger partial charge on any atom is -0.456 e. The molecule has 12 aromatic rings. The highest BCUT2D eigenvalue weighted by molar-refractivity contribution is 6.28. The van der Waals surface area contributed by atoms with E-state index in [9.17, 15) is 0 Å². The van der Waals surface area contributed by atoms with E-state index in [2.05, 4.69) is 170 Å². The van der Waals surface area contributed by atoms with Crippen LogP contribution in [0.15, 0.2) is 191 Å². The SMILES string of the molecule is c1ccc2c(-c3c4cccc(-c5cccc6oc7ccccc7c56)c4cc4c(-c5cccc6oc7ccccc7c56)cccc34)c3ccccc3cc2c1. The van der Waals surface area contributed by atoms with Crippen molar-refractivity contribution in [2.75, 3.05) is 0 Å². The Hall–Kier alpha value is -7.16. The summed E-state index contributed by atoms with van der Waals surface area (Å²) in [5, 5.41) is 14.3. The zero-order valence-corrected chi connectivity index (χ0v) is 29.1. The van der Waals surface area contributed by atoms with Gasteiger partial charge in [-0.1, -0.05) is 146 Å². The second kappa shape index (κ2) is 11.2. The lowest BCUT2D eigenvalue weighted by Gasteiger charge is -2.20. The summed E-state index contributed by atoms with van der Waals surface area (Å²) in [6.07, 6.45) is 0. The maximum Gasteiger partial charge on any atom is 0.136 e. The highest BCUT2D eigenvalue weighted by Crippen LogP contribution is 2.49. The van der Waals surface area contributed by atoms with Crippen LogP contribution in [0, 0.1) is 0 Å². The Morgan fingerprint density at radius 2 is 0.611 bits per heavy atom. The van der Waals surface area contributed by atoms with Crippen molar-refractivity contribution in [3.63, 3.8) is 0 Å². The molecule has 0 aliphatic rings. The Morgan fingerprint density at radius 1 is 0.241 bits per heavy atom. The van der Waals surface area contributed by atoms with Crippen LogP contribution in [-0.2, 0) is 0 Å². The van der Waals surface area contributed by atoms with Gasteiger partial charge in [0.25, 0.3) is 0 Å². The average Bonchev–Trinajstić information content (AvgIpc) is 3.81. The largest absolute Gasteiger partial charge is 0.456 e. The van der Waals surface area contributed by atoms with Crippen molar-refractivity contribution in [3.8, 4) is 33.4 Å². The lowest BCUT2D eigenvalue weighted by Crippen LogP contribution is -1.93. The van der Waals surface area contributed by atoms with Crippen molar-refractivity contribution in [1.82, 2.24) is 0 Å². The first kappa shape index (κ1) is 29.4. The molecule has 0 N–H and O–H groups in total. The molecule has 250 valence electrons. The van der Waals surface area contributed by atoms with Gasteiger partial charge < -0.3 is 8.83 Å². The first-order chi connectivity index (χ1) is 26.8. The van der Waals surface area contributed by atoms with Crippen molar-refractivity contribution in [1.29, 1.82) is 0 Å². The molecule has 0 spiro atoms. The summed E-state index contributed by atoms with van der Waals surface area (Å²) in [4.78, 5) is 0. The molecule has 2 aromatic heterocycles. The molecule has 0 fully saturated rings. The molecule has 12 rings (SSSR count). The van der Waals surface area contributed by atoms with Gasteiger partial charge in [0, 0.05) is 21.5 Å². The molecule has 0 saturated heterocycles. The van der Waals surface area contributed by atoms with Crippen LogP contribution in [-0.4, -0.2) is 0 Å². The number of furan rings is 2. The molecular weight excluding hydrogens is 657 g/mol. The quantitative estimate of drug-likeness (QED) is 0.173. The third-order valence-electron chi connectivity index (χ3n) is 11.4. The van der Waals surface area contributed by atoms with Crippen molar-refractivity contribution < 1.29 is 8.83 Å². The summed E-state index contributed by atoms with van der Waals surface area (Å²) < 4.78 is 12.8. The molecule has 10 aromatic carbocycles. The smallest absolute Gasteiger partial charge is 0.136 e. The van der Waals surface area contributed by atoms with Gasteiger partial charge in [-0.25, -0.2) is 0 Å². The first-order valence-electron chi connectivity index (χ1n) is 18.5. The molecule has 0 aliphatic heterocycles. The van der Waals surface area contributed by atoms with Crippen LogP contribution in [0.2, 0.25) is 0 Å². The summed E-state index contributed by atoms with van der Waals surface area (Å²) in [5.74, 6) is 0. The maximum absolute atomic E-state index is 6.42. The standard InChI is InChI=1S/C52H30O2/c1-3-15-33-31(13-1)29-32-14-2-4-16-34(32)51(33)52-39-21-9-19-35(37-23-11-27-47-49(37)41-17-5-7-25-45(41)53-47)43(39)30-44-36(20-10-22-40(44)52)38-24-12-28-48-50(38)42-18-6-8-26-46(42)54-48/h1-30H. The Kier molecular flexibility index (Phi) is 6.09. The van der Waals surface area contributed by atoms with Crippen LogP contribution in [0.5, 0.6) is 0 Å². The molecule has 2 heteroatoms. The van der Waals surface area contributed by atoms with Gasteiger partial charge in [0.2, 0.25) is 0 Å². The van der Waals surface area contributed by atoms with Gasteiger partial charge >= 0.3 is 0 Å². The van der Waals surface area contributed by atoms with E-state index in [-0.39, 0.29) is 0 Å². The van der Waals surface area contributed by atoms with E-state index >= 15 is 0 Å². The van der Waals surface area contributed by atoms with Crippen molar-refractivity contribution in [3.05, 3.63) is 182 Å². The molecular formula is C52H30O2. The zero-order valence-electron chi connectivity index (χ0n) is 29.1. The van der Waals surface area contributed by atoms with Gasteiger partial charge in [0.05, 0.1) is 0 Å². The van der Waals surface area contributed by atoms with E-state index in [0.717, 1.165) is 55.0 Å². The minimum atomic E-state index is 0.894. The van der Waals surface area contributed by atoms with Gasteiger partial charge in [-0.3, -0.25) is 0 Å². The Labute approximate surface area is 310 Å². The molecule has 54 heavy (non-hydrogen) atoms. The van der Waals surface area contributed by atoms with Crippen LogP contribution in [0.3, 0.4) is 0 Å². The van der Waals surface area contributed by atoms with E-state index in [0.29, 0.717) is 0 Å². The normalized spacial score (nSPS) is 12.1. The van der Waals surface area contributed by atoms with Crippen LogP contribution >= 0.6 is 0 Å². The topological polar surface area (TPSA) is 26.3 Å². The lowest BCUT2D eigenvalue weighted by molar-refractivity contribution is 0.668. The highest BCUT2D eigenvalue weighted by Gasteiger charge is 2.22. The second-order valence-corrected chi connectivity index (χ2v) is 14.3.